The Labute approximate surface area is 124 Å². The van der Waals surface area contributed by atoms with Gasteiger partial charge in [0.05, 0.1) is 0 Å². The Hall–Kier alpha value is -2.17. The Morgan fingerprint density at radius 3 is 2.52 bits per heavy atom. The lowest BCUT2D eigenvalue weighted by molar-refractivity contribution is -0.121. The number of hydrogen-bond acceptors (Lipinski definition) is 4. The quantitative estimate of drug-likeness (QED) is 0.887. The lowest BCUT2D eigenvalue weighted by Gasteiger charge is -2.09. The third-order valence-corrected chi connectivity index (χ3v) is 3.36. The fourth-order valence-corrected chi connectivity index (χ4v) is 2.06. The summed E-state index contributed by atoms with van der Waals surface area (Å²) in [6.45, 7) is 5.71. The van der Waals surface area contributed by atoms with Crippen LogP contribution in [0.5, 0.6) is 0 Å². The number of rotatable bonds is 6. The van der Waals surface area contributed by atoms with Crippen molar-refractivity contribution in [1.82, 2.24) is 15.5 Å². The standard InChI is InChI=1S/C16H21N3O2/c1-4-13-5-7-14(8-6-13)9-10-15(20)17-11(2)16-18-12(3)19-21-16/h5-8,11H,4,9-10H2,1-3H3,(H,17,20)/t11-/m1/s1. The minimum Gasteiger partial charge on any atom is -0.345 e. The van der Waals surface area contributed by atoms with E-state index in [9.17, 15) is 4.79 Å². The van der Waals surface area contributed by atoms with Gasteiger partial charge in [-0.05, 0) is 37.8 Å². The van der Waals surface area contributed by atoms with Crippen molar-refractivity contribution in [3.8, 4) is 0 Å². The molecule has 0 radical (unpaired) electrons. The van der Waals surface area contributed by atoms with E-state index >= 15 is 0 Å². The minimum atomic E-state index is -0.263. The Morgan fingerprint density at radius 2 is 1.95 bits per heavy atom. The summed E-state index contributed by atoms with van der Waals surface area (Å²) in [6, 6.07) is 8.11. The molecule has 5 heteroatoms. The molecule has 112 valence electrons. The molecule has 0 unspecified atom stereocenters. The fraction of sp³-hybridized carbons (Fsp3) is 0.438. The first-order chi connectivity index (χ1) is 10.1. The van der Waals surface area contributed by atoms with E-state index in [1.54, 1.807) is 6.92 Å². The van der Waals surface area contributed by atoms with Crippen LogP contribution in [0.15, 0.2) is 28.8 Å². The molecule has 0 bridgehead atoms. The van der Waals surface area contributed by atoms with Crippen molar-refractivity contribution in [2.24, 2.45) is 0 Å². The van der Waals surface area contributed by atoms with Gasteiger partial charge in [-0.1, -0.05) is 36.3 Å². The van der Waals surface area contributed by atoms with Crippen molar-refractivity contribution in [1.29, 1.82) is 0 Å². The maximum atomic E-state index is 11.9. The first-order valence-corrected chi connectivity index (χ1v) is 7.26. The van der Waals surface area contributed by atoms with Crippen LogP contribution < -0.4 is 5.32 Å². The molecule has 1 aromatic carbocycles. The number of carbonyl (C=O) groups excluding carboxylic acids is 1. The van der Waals surface area contributed by atoms with Gasteiger partial charge >= 0.3 is 0 Å². The molecule has 1 aromatic heterocycles. The van der Waals surface area contributed by atoms with Crippen molar-refractivity contribution in [2.75, 3.05) is 0 Å². The molecule has 0 saturated heterocycles. The van der Waals surface area contributed by atoms with Gasteiger partial charge in [0, 0.05) is 6.42 Å². The first kappa shape index (κ1) is 15.2. The monoisotopic (exact) mass is 287 g/mol. The van der Waals surface area contributed by atoms with Crippen LogP contribution in [-0.2, 0) is 17.6 Å². The number of hydrogen-bond donors (Lipinski definition) is 1. The molecule has 0 saturated carbocycles. The highest BCUT2D eigenvalue weighted by atomic mass is 16.5. The van der Waals surface area contributed by atoms with E-state index in [1.165, 1.54) is 11.1 Å². The van der Waals surface area contributed by atoms with Crippen LogP contribution in [0.2, 0.25) is 0 Å². The molecule has 2 rings (SSSR count). The second kappa shape index (κ2) is 7.02. The number of carbonyl (C=O) groups is 1. The van der Waals surface area contributed by atoms with Crippen LogP contribution in [0.1, 0.15) is 49.2 Å². The average Bonchev–Trinajstić information content (AvgIpc) is 2.92. The molecular weight excluding hydrogens is 266 g/mol. The molecule has 0 spiro atoms. The van der Waals surface area contributed by atoms with Gasteiger partial charge in [0.2, 0.25) is 11.8 Å². The molecule has 1 N–H and O–H groups in total. The van der Waals surface area contributed by atoms with Gasteiger partial charge in [0.15, 0.2) is 5.82 Å². The predicted molar refractivity (Wildman–Crippen MR) is 79.7 cm³/mol. The molecule has 2 aromatic rings. The van der Waals surface area contributed by atoms with Gasteiger partial charge in [0.1, 0.15) is 6.04 Å². The summed E-state index contributed by atoms with van der Waals surface area (Å²) in [6.07, 6.45) is 2.20. The first-order valence-electron chi connectivity index (χ1n) is 7.26. The third-order valence-electron chi connectivity index (χ3n) is 3.36. The maximum Gasteiger partial charge on any atom is 0.248 e. The summed E-state index contributed by atoms with van der Waals surface area (Å²) in [7, 11) is 0. The zero-order valence-electron chi connectivity index (χ0n) is 12.7. The third kappa shape index (κ3) is 4.41. The van der Waals surface area contributed by atoms with Crippen LogP contribution in [0.4, 0.5) is 0 Å². The normalized spacial score (nSPS) is 12.1. The van der Waals surface area contributed by atoms with E-state index in [1.807, 2.05) is 6.92 Å². The van der Waals surface area contributed by atoms with Crippen LogP contribution in [0.25, 0.3) is 0 Å². The molecule has 0 aliphatic rings. The number of benzene rings is 1. The largest absolute Gasteiger partial charge is 0.345 e. The van der Waals surface area contributed by atoms with Crippen molar-refractivity contribution in [3.05, 3.63) is 47.1 Å². The van der Waals surface area contributed by atoms with Gasteiger partial charge in [0.25, 0.3) is 0 Å². The van der Waals surface area contributed by atoms with Crippen LogP contribution >= 0.6 is 0 Å². The van der Waals surface area contributed by atoms with Gasteiger partial charge in [-0.15, -0.1) is 0 Å². The highest BCUT2D eigenvalue weighted by Crippen LogP contribution is 2.11. The minimum absolute atomic E-state index is 0.0158. The van der Waals surface area contributed by atoms with E-state index < -0.39 is 0 Å². The molecule has 1 amide bonds. The lowest BCUT2D eigenvalue weighted by atomic mass is 10.1. The molecular formula is C16H21N3O2. The summed E-state index contributed by atoms with van der Waals surface area (Å²) in [5.74, 6) is 0.994. The van der Waals surface area contributed by atoms with Gasteiger partial charge < -0.3 is 9.84 Å². The lowest BCUT2D eigenvalue weighted by Crippen LogP contribution is -2.27. The summed E-state index contributed by atoms with van der Waals surface area (Å²) < 4.78 is 5.04. The molecule has 0 fully saturated rings. The summed E-state index contributed by atoms with van der Waals surface area (Å²) in [5, 5.41) is 6.58. The van der Waals surface area contributed by atoms with E-state index in [0.717, 1.165) is 12.8 Å². The fourth-order valence-electron chi connectivity index (χ4n) is 2.06. The highest BCUT2D eigenvalue weighted by Gasteiger charge is 2.15. The number of nitrogens with zero attached hydrogens (tertiary/aromatic N) is 2. The zero-order chi connectivity index (χ0) is 15.2. The van der Waals surface area contributed by atoms with Crippen molar-refractivity contribution >= 4 is 5.91 Å². The Morgan fingerprint density at radius 1 is 1.29 bits per heavy atom. The number of amides is 1. The number of nitrogens with one attached hydrogen (secondary N) is 1. The van der Waals surface area contributed by atoms with Crippen molar-refractivity contribution in [3.63, 3.8) is 0 Å². The Kier molecular flexibility index (Phi) is 5.09. The second-order valence-corrected chi connectivity index (χ2v) is 5.14. The molecule has 21 heavy (non-hydrogen) atoms. The smallest absolute Gasteiger partial charge is 0.248 e. The Bertz CT molecular complexity index is 590. The summed E-state index contributed by atoms with van der Waals surface area (Å²) in [4.78, 5) is 16.0. The second-order valence-electron chi connectivity index (χ2n) is 5.14. The van der Waals surface area contributed by atoms with Gasteiger partial charge in [-0.25, -0.2) is 0 Å². The average molecular weight is 287 g/mol. The SMILES string of the molecule is CCc1ccc(CCC(=O)N[C@H](C)c2nc(C)no2)cc1. The zero-order valence-corrected chi connectivity index (χ0v) is 12.7. The van der Waals surface area contributed by atoms with E-state index in [2.05, 4.69) is 46.6 Å². The van der Waals surface area contributed by atoms with Crippen molar-refractivity contribution in [2.45, 2.75) is 46.1 Å². The highest BCUT2D eigenvalue weighted by molar-refractivity contribution is 5.76. The predicted octanol–water partition coefficient (Wildman–Crippen LogP) is 2.75. The molecule has 1 atom stereocenters. The molecule has 5 nitrogen and oxygen atoms in total. The van der Waals surface area contributed by atoms with E-state index in [0.29, 0.717) is 18.1 Å². The van der Waals surface area contributed by atoms with Gasteiger partial charge in [-0.3, -0.25) is 4.79 Å². The summed E-state index contributed by atoms with van der Waals surface area (Å²) >= 11 is 0. The topological polar surface area (TPSA) is 68.0 Å². The van der Waals surface area contributed by atoms with Crippen LogP contribution in [0, 0.1) is 6.92 Å². The van der Waals surface area contributed by atoms with Crippen LogP contribution in [0.3, 0.4) is 0 Å². The number of aromatic nitrogens is 2. The maximum absolute atomic E-state index is 11.9. The van der Waals surface area contributed by atoms with Crippen LogP contribution in [-0.4, -0.2) is 16.0 Å². The molecule has 0 aliphatic carbocycles. The van der Waals surface area contributed by atoms with E-state index in [-0.39, 0.29) is 11.9 Å². The van der Waals surface area contributed by atoms with E-state index in [4.69, 9.17) is 4.52 Å². The summed E-state index contributed by atoms with van der Waals surface area (Å²) in [5.41, 5.74) is 2.48. The Balaban J connectivity index is 1.81. The van der Waals surface area contributed by atoms with Crippen molar-refractivity contribution < 1.29 is 9.32 Å². The number of aryl methyl sites for hydroxylation is 3. The molecule has 0 aliphatic heterocycles. The van der Waals surface area contributed by atoms with Gasteiger partial charge in [-0.2, -0.15) is 4.98 Å². The molecule has 1 heterocycles.